The van der Waals surface area contributed by atoms with Gasteiger partial charge in [0, 0.05) is 6.54 Å². The van der Waals surface area contributed by atoms with Crippen LogP contribution < -0.4 is 5.32 Å². The minimum absolute atomic E-state index is 0.141. The minimum Gasteiger partial charge on any atom is -0.444 e. The topological polar surface area (TPSA) is 58.6 Å². The third-order valence-corrected chi connectivity index (χ3v) is 2.94. The van der Waals surface area contributed by atoms with Crippen molar-refractivity contribution in [1.29, 1.82) is 0 Å². The predicted octanol–water partition coefficient (Wildman–Crippen LogP) is 1.50. The maximum Gasteiger partial charge on any atom is 0.408 e. The SMILES string of the molecule is CC(C)(C)OC(=O)NCC(=S)N1CCCC1C=O. The molecule has 0 spiro atoms. The van der Waals surface area contributed by atoms with Crippen molar-refractivity contribution in [2.45, 2.75) is 45.3 Å². The monoisotopic (exact) mass is 272 g/mol. The van der Waals surface area contributed by atoms with Gasteiger partial charge >= 0.3 is 6.09 Å². The molecule has 1 amide bonds. The molecule has 1 atom stereocenters. The van der Waals surface area contributed by atoms with Crippen LogP contribution in [0.4, 0.5) is 4.79 Å². The van der Waals surface area contributed by atoms with Gasteiger partial charge < -0.3 is 19.7 Å². The Morgan fingerprint density at radius 1 is 1.56 bits per heavy atom. The standard InChI is InChI=1S/C12H20N2O3S/c1-12(2,3)17-11(16)13-7-10(18)14-6-4-5-9(14)8-15/h8-9H,4-7H2,1-3H3,(H,13,16). The molecule has 1 saturated heterocycles. The van der Waals surface area contributed by atoms with E-state index in [0.717, 1.165) is 25.7 Å². The van der Waals surface area contributed by atoms with Crippen LogP contribution in [0.25, 0.3) is 0 Å². The molecule has 1 heterocycles. The number of thiocarbonyl (C=S) groups is 1. The Balaban J connectivity index is 2.37. The van der Waals surface area contributed by atoms with Crippen molar-refractivity contribution >= 4 is 29.6 Å². The molecule has 0 bridgehead atoms. The van der Waals surface area contributed by atoms with Crippen LogP contribution in [-0.4, -0.2) is 47.0 Å². The van der Waals surface area contributed by atoms with Crippen LogP contribution in [0.1, 0.15) is 33.6 Å². The zero-order valence-corrected chi connectivity index (χ0v) is 11.9. The number of amides is 1. The number of alkyl carbamates (subject to hydrolysis) is 1. The highest BCUT2D eigenvalue weighted by Crippen LogP contribution is 2.15. The average molecular weight is 272 g/mol. The summed E-state index contributed by atoms with van der Waals surface area (Å²) in [5.74, 6) is 0. The van der Waals surface area contributed by atoms with Crippen molar-refractivity contribution in [2.24, 2.45) is 0 Å². The molecule has 6 heteroatoms. The number of likely N-dealkylation sites (tertiary alicyclic amines) is 1. The first kappa shape index (κ1) is 14.9. The van der Waals surface area contributed by atoms with Gasteiger partial charge in [0.05, 0.1) is 17.6 Å². The van der Waals surface area contributed by atoms with Crippen LogP contribution >= 0.6 is 12.2 Å². The molecular formula is C12H20N2O3S. The van der Waals surface area contributed by atoms with Crippen molar-refractivity contribution in [2.75, 3.05) is 13.1 Å². The summed E-state index contributed by atoms with van der Waals surface area (Å²) in [6.07, 6.45) is 2.20. The Labute approximate surface area is 113 Å². The van der Waals surface area contributed by atoms with Crippen LogP contribution in [0.3, 0.4) is 0 Å². The van der Waals surface area contributed by atoms with E-state index < -0.39 is 11.7 Å². The Bertz CT molecular complexity index is 339. The fourth-order valence-electron chi connectivity index (χ4n) is 1.81. The van der Waals surface area contributed by atoms with Crippen LogP contribution in [-0.2, 0) is 9.53 Å². The highest BCUT2D eigenvalue weighted by Gasteiger charge is 2.26. The number of carbonyl (C=O) groups is 2. The Kier molecular flexibility index (Phi) is 5.07. The molecule has 1 aliphatic heterocycles. The van der Waals surface area contributed by atoms with E-state index in [0.29, 0.717) is 4.99 Å². The number of nitrogens with one attached hydrogen (secondary N) is 1. The summed E-state index contributed by atoms with van der Waals surface area (Å²) in [6, 6.07) is -0.141. The van der Waals surface area contributed by atoms with Crippen molar-refractivity contribution < 1.29 is 14.3 Å². The van der Waals surface area contributed by atoms with Gasteiger partial charge in [0.2, 0.25) is 0 Å². The summed E-state index contributed by atoms with van der Waals surface area (Å²) in [5.41, 5.74) is -0.523. The number of rotatable bonds is 3. The lowest BCUT2D eigenvalue weighted by atomic mass is 10.2. The Morgan fingerprint density at radius 3 is 2.78 bits per heavy atom. The molecule has 1 fully saturated rings. The molecule has 5 nitrogen and oxygen atoms in total. The number of nitrogens with zero attached hydrogens (tertiary/aromatic N) is 1. The van der Waals surface area contributed by atoms with Gasteiger partial charge in [-0.15, -0.1) is 0 Å². The van der Waals surface area contributed by atoms with Crippen LogP contribution in [0.2, 0.25) is 0 Å². The smallest absolute Gasteiger partial charge is 0.408 e. The van der Waals surface area contributed by atoms with E-state index in [9.17, 15) is 9.59 Å². The van der Waals surface area contributed by atoms with E-state index in [1.54, 1.807) is 20.8 Å². The van der Waals surface area contributed by atoms with Gasteiger partial charge in [0.25, 0.3) is 0 Å². The van der Waals surface area contributed by atoms with E-state index >= 15 is 0 Å². The fourth-order valence-corrected chi connectivity index (χ4v) is 2.11. The van der Waals surface area contributed by atoms with Gasteiger partial charge in [-0.1, -0.05) is 12.2 Å². The van der Waals surface area contributed by atoms with Gasteiger partial charge in [-0.05, 0) is 33.6 Å². The molecule has 0 aliphatic carbocycles. The number of hydrogen-bond acceptors (Lipinski definition) is 4. The van der Waals surface area contributed by atoms with Crippen LogP contribution in [0.5, 0.6) is 0 Å². The molecule has 1 rings (SSSR count). The first-order valence-corrected chi connectivity index (χ1v) is 6.46. The van der Waals surface area contributed by atoms with Crippen LogP contribution in [0, 0.1) is 0 Å². The first-order valence-electron chi connectivity index (χ1n) is 6.05. The molecule has 1 N–H and O–H groups in total. The summed E-state index contributed by atoms with van der Waals surface area (Å²) < 4.78 is 5.11. The van der Waals surface area contributed by atoms with Crippen molar-refractivity contribution in [3.8, 4) is 0 Å². The summed E-state index contributed by atoms with van der Waals surface area (Å²) >= 11 is 5.21. The first-order chi connectivity index (χ1) is 8.33. The van der Waals surface area contributed by atoms with E-state index in [-0.39, 0.29) is 12.6 Å². The third-order valence-electron chi connectivity index (χ3n) is 2.56. The maximum absolute atomic E-state index is 11.4. The lowest BCUT2D eigenvalue weighted by Crippen LogP contribution is -2.43. The number of ether oxygens (including phenoxy) is 1. The minimum atomic E-state index is -0.523. The fraction of sp³-hybridized carbons (Fsp3) is 0.750. The summed E-state index contributed by atoms with van der Waals surface area (Å²) in [4.78, 5) is 24.7. The zero-order valence-electron chi connectivity index (χ0n) is 11.1. The maximum atomic E-state index is 11.4. The van der Waals surface area contributed by atoms with E-state index in [1.165, 1.54) is 0 Å². The van der Waals surface area contributed by atoms with Gasteiger partial charge in [-0.25, -0.2) is 4.79 Å². The zero-order chi connectivity index (χ0) is 13.8. The molecule has 1 aliphatic rings. The normalized spacial score (nSPS) is 19.5. The van der Waals surface area contributed by atoms with Gasteiger partial charge in [-0.2, -0.15) is 0 Å². The molecule has 0 radical (unpaired) electrons. The van der Waals surface area contributed by atoms with E-state index in [4.69, 9.17) is 17.0 Å². The van der Waals surface area contributed by atoms with Crippen LogP contribution in [0.15, 0.2) is 0 Å². The van der Waals surface area contributed by atoms with Crippen molar-refractivity contribution in [1.82, 2.24) is 10.2 Å². The molecule has 0 aromatic rings. The number of carbonyl (C=O) groups excluding carboxylic acids is 2. The van der Waals surface area contributed by atoms with Crippen molar-refractivity contribution in [3.63, 3.8) is 0 Å². The molecule has 102 valence electrons. The molecule has 1 unspecified atom stereocenters. The van der Waals surface area contributed by atoms with Gasteiger partial charge in [0.1, 0.15) is 11.9 Å². The Hall–Kier alpha value is -1.17. The molecular weight excluding hydrogens is 252 g/mol. The quantitative estimate of drug-likeness (QED) is 0.623. The van der Waals surface area contributed by atoms with E-state index in [2.05, 4.69) is 5.32 Å². The summed E-state index contributed by atoms with van der Waals surface area (Å²) in [7, 11) is 0. The number of aldehydes is 1. The number of hydrogen-bond donors (Lipinski definition) is 1. The van der Waals surface area contributed by atoms with Crippen molar-refractivity contribution in [3.05, 3.63) is 0 Å². The second-order valence-corrected chi connectivity index (χ2v) is 5.76. The molecule has 0 aromatic carbocycles. The highest BCUT2D eigenvalue weighted by molar-refractivity contribution is 7.80. The second kappa shape index (κ2) is 6.13. The average Bonchev–Trinajstić information content (AvgIpc) is 2.71. The lowest BCUT2D eigenvalue weighted by Gasteiger charge is -2.24. The lowest BCUT2D eigenvalue weighted by molar-refractivity contribution is -0.110. The Morgan fingerprint density at radius 2 is 2.22 bits per heavy atom. The summed E-state index contributed by atoms with van der Waals surface area (Å²) in [5, 5.41) is 2.60. The van der Waals surface area contributed by atoms with E-state index in [1.807, 2.05) is 4.90 Å². The predicted molar refractivity (Wildman–Crippen MR) is 72.6 cm³/mol. The largest absolute Gasteiger partial charge is 0.444 e. The van der Waals surface area contributed by atoms with Gasteiger partial charge in [0.15, 0.2) is 0 Å². The van der Waals surface area contributed by atoms with Gasteiger partial charge in [-0.3, -0.25) is 0 Å². The molecule has 18 heavy (non-hydrogen) atoms. The third kappa shape index (κ3) is 4.60. The highest BCUT2D eigenvalue weighted by atomic mass is 32.1. The molecule has 0 saturated carbocycles. The second-order valence-electron chi connectivity index (χ2n) is 5.29. The molecule has 0 aromatic heterocycles. The summed E-state index contributed by atoms with van der Waals surface area (Å²) in [6.45, 7) is 6.40.